The van der Waals surface area contributed by atoms with Crippen LogP contribution in [0, 0.1) is 226 Å². The molecular formula is C120H210O8. The van der Waals surface area contributed by atoms with E-state index in [0.29, 0.717) is 67.0 Å². The molecule has 0 heterocycles. The Morgan fingerprint density at radius 1 is 0.336 bits per heavy atom. The molecule has 128 heavy (non-hydrogen) atoms. The Kier molecular flexibility index (Phi) is 34.0. The Morgan fingerprint density at radius 2 is 0.703 bits per heavy atom. The van der Waals surface area contributed by atoms with E-state index in [1.807, 2.05) is 13.8 Å². The van der Waals surface area contributed by atoms with Crippen molar-refractivity contribution in [2.24, 2.45) is 226 Å². The van der Waals surface area contributed by atoms with Crippen LogP contribution in [0.25, 0.3) is 0 Å². The van der Waals surface area contributed by atoms with E-state index in [2.05, 4.69) is 198 Å². The summed E-state index contributed by atoms with van der Waals surface area (Å²) in [5, 5.41) is 37.3. The molecule has 0 aromatic heterocycles. The minimum absolute atomic E-state index is 0.00435. The van der Waals surface area contributed by atoms with Crippen molar-refractivity contribution in [1.82, 2.24) is 0 Å². The lowest BCUT2D eigenvalue weighted by Crippen LogP contribution is -2.59. The van der Waals surface area contributed by atoms with Crippen LogP contribution < -0.4 is 0 Å². The van der Waals surface area contributed by atoms with E-state index in [0.717, 1.165) is 154 Å². The first-order valence-corrected chi connectivity index (χ1v) is 56.6. The molecule has 0 saturated heterocycles. The van der Waals surface area contributed by atoms with Gasteiger partial charge in [-0.2, -0.15) is 0 Å². The third-order valence-corrected chi connectivity index (χ3v) is 47.3. The zero-order valence-electron chi connectivity index (χ0n) is 89.1. The second kappa shape index (κ2) is 41.7. The molecule has 14 fully saturated rings. The van der Waals surface area contributed by atoms with Crippen LogP contribution >= 0.6 is 0 Å². The maximum Gasteiger partial charge on any atom is 0.0935 e. The van der Waals surface area contributed by atoms with Crippen molar-refractivity contribution in [3.63, 3.8) is 0 Å². The van der Waals surface area contributed by atoms with Crippen molar-refractivity contribution < 1.29 is 40.6 Å². The average molecular weight is 1780 g/mol. The van der Waals surface area contributed by atoms with Gasteiger partial charge in [-0.1, -0.05) is 245 Å². The highest BCUT2D eigenvalue weighted by Crippen LogP contribution is 2.76. The zero-order chi connectivity index (χ0) is 93.1. The van der Waals surface area contributed by atoms with Crippen LogP contribution in [0.15, 0.2) is 34.9 Å². The van der Waals surface area contributed by atoms with E-state index in [4.69, 9.17) is 19.6 Å². The maximum atomic E-state index is 9.45. The third-order valence-electron chi connectivity index (χ3n) is 47.3. The molecular weight excluding hydrogens is 1570 g/mol. The molecule has 38 atom stereocenters. The molecule has 14 saturated carbocycles. The van der Waals surface area contributed by atoms with Gasteiger partial charge in [-0.3, -0.25) is 21.0 Å². The second-order valence-electron chi connectivity index (χ2n) is 55.3. The molecule has 0 aliphatic heterocycles. The second-order valence-corrected chi connectivity index (χ2v) is 55.3. The third kappa shape index (κ3) is 19.8. The lowest BCUT2D eigenvalue weighted by atomic mass is 9.39. The summed E-state index contributed by atoms with van der Waals surface area (Å²) in [5.74, 6) is 24.4. The van der Waals surface area contributed by atoms with Gasteiger partial charge in [0.1, 0.15) is 0 Å². The molecule has 16 aliphatic carbocycles. The van der Waals surface area contributed by atoms with Crippen molar-refractivity contribution in [2.45, 2.75) is 494 Å². The highest BCUT2D eigenvalue weighted by atomic mass is 17.1. The zero-order valence-corrected chi connectivity index (χ0v) is 89.1. The molecule has 0 bridgehead atoms. The van der Waals surface area contributed by atoms with Gasteiger partial charge >= 0.3 is 0 Å². The molecule has 8 nitrogen and oxygen atoms in total. The number of fused-ring (bicyclic) bond motifs is 20. The number of hydrogen-bond acceptors (Lipinski definition) is 8. The Bertz CT molecular complexity index is 3620. The summed E-state index contributed by atoms with van der Waals surface area (Å²) in [6.07, 6.45) is 67.3. The Balaban J connectivity index is 0.000000146. The topological polar surface area (TPSA) is 118 Å². The number of allylic oxidation sites excluding steroid dienone is 6. The van der Waals surface area contributed by atoms with Gasteiger partial charge in [-0.25, -0.2) is 19.6 Å². The molecule has 38 unspecified atom stereocenters. The normalized spacial score (nSPS) is 45.2. The minimum Gasteiger partial charge on any atom is -0.252 e. The predicted molar refractivity (Wildman–Crippen MR) is 537 cm³/mol. The van der Waals surface area contributed by atoms with Crippen molar-refractivity contribution in [1.29, 1.82) is 0 Å². The summed E-state index contributed by atoms with van der Waals surface area (Å²) in [6.45, 7) is 68.5. The SMILES string of the molecule is CC(C)=CCCC(C)C1CCC2C3CCC4C(C)(C)C(C(C)OO)CCC4(C)C3CCC12C.CC(C)CCCC(C)C1CCC2C3CC=C4C(C)(C)C(C(C)OO)CCC4(C)C3CCC12C.CC(C)CCCC(C)C1CCC2C3CC=C4CC(C(C)OO)CCC4(C)C3CCC12C.CC(C)CCCC(C)C1CCC2C3CCC4CC(C(C)OO)CCC4(C)C3CCC12C. The van der Waals surface area contributed by atoms with Crippen LogP contribution in [0.5, 0.6) is 0 Å². The van der Waals surface area contributed by atoms with Gasteiger partial charge in [0.2, 0.25) is 0 Å². The van der Waals surface area contributed by atoms with Gasteiger partial charge in [0.05, 0.1) is 24.4 Å². The smallest absolute Gasteiger partial charge is 0.0935 e. The highest BCUT2D eigenvalue weighted by Gasteiger charge is 2.68. The highest BCUT2D eigenvalue weighted by molar-refractivity contribution is 5.32. The molecule has 16 aliphatic rings. The summed E-state index contributed by atoms with van der Waals surface area (Å²) in [6, 6.07) is 0. The largest absolute Gasteiger partial charge is 0.252 e. The van der Waals surface area contributed by atoms with E-state index < -0.39 is 0 Å². The van der Waals surface area contributed by atoms with Crippen molar-refractivity contribution in [3.05, 3.63) is 34.9 Å². The van der Waals surface area contributed by atoms with Crippen LogP contribution in [0.4, 0.5) is 0 Å². The van der Waals surface area contributed by atoms with E-state index in [-0.39, 0.29) is 35.2 Å². The fraction of sp³-hybridized carbons (Fsp3) is 0.950. The first kappa shape index (κ1) is 104. The van der Waals surface area contributed by atoms with Gasteiger partial charge in [0.25, 0.3) is 0 Å². The summed E-state index contributed by atoms with van der Waals surface area (Å²) in [7, 11) is 0. The predicted octanol–water partition coefficient (Wildman–Crippen LogP) is 35.4. The monoisotopic (exact) mass is 1780 g/mol. The van der Waals surface area contributed by atoms with Crippen LogP contribution in [0.3, 0.4) is 0 Å². The summed E-state index contributed by atoms with van der Waals surface area (Å²) >= 11 is 0. The van der Waals surface area contributed by atoms with Gasteiger partial charge < -0.3 is 0 Å². The molecule has 0 aromatic rings. The Hall–Kier alpha value is -1.10. The average Bonchev–Trinajstić information content (AvgIpc) is 1.78. The van der Waals surface area contributed by atoms with E-state index in [1.165, 1.54) is 275 Å². The first-order chi connectivity index (χ1) is 60.3. The summed E-state index contributed by atoms with van der Waals surface area (Å²) in [5.41, 5.74) is 9.26. The van der Waals surface area contributed by atoms with Crippen molar-refractivity contribution in [2.75, 3.05) is 0 Å². The number of hydrogen-bond donors (Lipinski definition) is 4. The minimum atomic E-state index is -0.0920. The molecule has 8 heteroatoms. The molecule has 16 rings (SSSR count). The van der Waals surface area contributed by atoms with E-state index in [1.54, 1.807) is 11.1 Å². The quantitative estimate of drug-likeness (QED) is 0.0365. The standard InChI is InChI=1S/2C31H54O2.C29H52O2.C29H50O2/c2*1-20(2)10-9-11-21(3)24-13-14-26-23-12-15-28-29(5,6)25(22(4)33-32)16-19-31(28,8)27(23)17-18-30(24,26)7;2*1-19(2)8-7-9-20(3)25-12-13-26-24-11-10-23-18-22(21(4)31-30)14-16-28(23,5)27(24)15-17-29(25,26)6/h15,20-27,32H,9-14,16-19H2,1-8H3;10,21-28,32H,9,11-19H2,1-8H3;19-27,30H,7-18H2,1-6H3;10,19-22,24-27,30H,7-9,11-18H2,1-6H3. The van der Waals surface area contributed by atoms with Crippen LogP contribution in [0.2, 0.25) is 0 Å². The molecule has 0 radical (unpaired) electrons. The molecule has 738 valence electrons. The fourth-order valence-corrected chi connectivity index (χ4v) is 40.2. The van der Waals surface area contributed by atoms with Gasteiger partial charge in [0, 0.05) is 0 Å². The Labute approximate surface area is 790 Å². The Morgan fingerprint density at radius 3 is 1.16 bits per heavy atom. The van der Waals surface area contributed by atoms with Gasteiger partial charge in [-0.05, 0) is 486 Å². The molecule has 0 amide bonds. The van der Waals surface area contributed by atoms with Gasteiger partial charge in [0.15, 0.2) is 0 Å². The summed E-state index contributed by atoms with van der Waals surface area (Å²) < 4.78 is 0. The summed E-state index contributed by atoms with van der Waals surface area (Å²) in [4.78, 5) is 19.2. The van der Waals surface area contributed by atoms with Crippen molar-refractivity contribution in [3.8, 4) is 0 Å². The maximum absolute atomic E-state index is 9.45. The van der Waals surface area contributed by atoms with Crippen molar-refractivity contribution >= 4 is 0 Å². The molecule has 0 aromatic carbocycles. The van der Waals surface area contributed by atoms with E-state index >= 15 is 0 Å². The van der Waals surface area contributed by atoms with Crippen LogP contribution in [-0.2, 0) is 19.6 Å². The molecule has 4 N–H and O–H groups in total. The first-order valence-electron chi connectivity index (χ1n) is 56.6. The lowest BCUT2D eigenvalue weighted by Gasteiger charge is -2.65. The van der Waals surface area contributed by atoms with Crippen LogP contribution in [0.1, 0.15) is 470 Å². The number of rotatable bonds is 27. The molecule has 0 spiro atoms. The van der Waals surface area contributed by atoms with E-state index in [9.17, 15) is 21.0 Å². The van der Waals surface area contributed by atoms with Gasteiger partial charge in [-0.15, -0.1) is 0 Å². The lowest BCUT2D eigenvalue weighted by molar-refractivity contribution is -0.303. The van der Waals surface area contributed by atoms with Crippen LogP contribution in [-0.4, -0.2) is 45.4 Å². The fourth-order valence-electron chi connectivity index (χ4n) is 40.2.